The second kappa shape index (κ2) is 7.15. The first kappa shape index (κ1) is 15.5. The van der Waals surface area contributed by atoms with Crippen LogP contribution in [0.5, 0.6) is 0 Å². The van der Waals surface area contributed by atoms with Crippen molar-refractivity contribution in [3.05, 3.63) is 41.2 Å². The molecule has 0 radical (unpaired) electrons. The van der Waals surface area contributed by atoms with E-state index in [0.717, 1.165) is 6.42 Å². The van der Waals surface area contributed by atoms with Crippen LogP contribution in [0.15, 0.2) is 30.0 Å². The minimum Gasteiger partial charge on any atom is -0.547 e. The minimum absolute atomic E-state index is 1.08. The zero-order chi connectivity index (χ0) is 13.6. The Morgan fingerprint density at radius 3 is 2.39 bits per heavy atom. The molecule has 18 heavy (non-hydrogen) atoms. The summed E-state index contributed by atoms with van der Waals surface area (Å²) >= 11 is 2.94. The third kappa shape index (κ3) is 4.98. The number of halogens is 1. The van der Waals surface area contributed by atoms with Crippen LogP contribution in [-0.4, -0.2) is 14.2 Å². The van der Waals surface area contributed by atoms with Crippen LogP contribution in [0.2, 0.25) is 19.6 Å². The number of aryl methyl sites for hydroxylation is 1. The van der Waals surface area contributed by atoms with E-state index in [0.29, 0.717) is 0 Å². The van der Waals surface area contributed by atoms with Crippen LogP contribution in [0, 0.1) is 0 Å². The SMILES string of the molecule is CBr.C[Si](C)(C)OC1=Cc2ccccc2CCC1. The van der Waals surface area contributed by atoms with E-state index in [2.05, 4.69) is 65.9 Å². The number of hydrogen-bond acceptors (Lipinski definition) is 1. The van der Waals surface area contributed by atoms with Crippen molar-refractivity contribution in [2.45, 2.75) is 38.9 Å². The second-order valence-corrected chi connectivity index (χ2v) is 9.81. The van der Waals surface area contributed by atoms with Gasteiger partial charge in [0.2, 0.25) is 8.32 Å². The van der Waals surface area contributed by atoms with Gasteiger partial charge in [-0.1, -0.05) is 40.2 Å². The van der Waals surface area contributed by atoms with Crippen molar-refractivity contribution in [2.75, 3.05) is 5.83 Å². The van der Waals surface area contributed by atoms with Crippen LogP contribution in [0.1, 0.15) is 24.0 Å². The van der Waals surface area contributed by atoms with Gasteiger partial charge in [0.05, 0.1) is 5.76 Å². The minimum atomic E-state index is -1.46. The fourth-order valence-electron chi connectivity index (χ4n) is 2.08. The Morgan fingerprint density at radius 2 is 1.72 bits per heavy atom. The summed E-state index contributed by atoms with van der Waals surface area (Å²) in [6, 6.07) is 8.64. The Bertz CT molecular complexity index is 407. The fourth-order valence-corrected chi connectivity index (χ4v) is 3.02. The molecule has 3 heteroatoms. The van der Waals surface area contributed by atoms with Crippen molar-refractivity contribution in [2.24, 2.45) is 0 Å². The molecule has 0 saturated heterocycles. The van der Waals surface area contributed by atoms with Crippen LogP contribution in [-0.2, 0) is 10.8 Å². The molecule has 1 aromatic carbocycles. The predicted octanol–water partition coefficient (Wildman–Crippen LogP) is 5.23. The average Bonchev–Trinajstić information content (AvgIpc) is 2.51. The van der Waals surface area contributed by atoms with Crippen LogP contribution in [0.25, 0.3) is 6.08 Å². The lowest BCUT2D eigenvalue weighted by molar-refractivity contribution is 0.402. The van der Waals surface area contributed by atoms with E-state index in [9.17, 15) is 0 Å². The average molecular weight is 327 g/mol. The van der Waals surface area contributed by atoms with E-state index in [1.54, 1.807) is 0 Å². The summed E-state index contributed by atoms with van der Waals surface area (Å²) < 4.78 is 6.12. The Hall–Kier alpha value is -0.543. The molecule has 0 spiro atoms. The van der Waals surface area contributed by atoms with Crippen molar-refractivity contribution < 1.29 is 4.43 Å². The lowest BCUT2D eigenvalue weighted by Crippen LogP contribution is -2.24. The smallest absolute Gasteiger partial charge is 0.241 e. The van der Waals surface area contributed by atoms with E-state index in [4.69, 9.17) is 4.43 Å². The zero-order valence-corrected chi connectivity index (χ0v) is 14.4. The molecule has 0 aliphatic heterocycles. The van der Waals surface area contributed by atoms with Crippen molar-refractivity contribution in [1.29, 1.82) is 0 Å². The van der Waals surface area contributed by atoms with Crippen LogP contribution >= 0.6 is 15.9 Å². The Kier molecular flexibility index (Phi) is 6.16. The van der Waals surface area contributed by atoms with Crippen LogP contribution < -0.4 is 0 Å². The third-order valence-electron chi connectivity index (χ3n) is 2.68. The van der Waals surface area contributed by atoms with Crippen molar-refractivity contribution in [3.63, 3.8) is 0 Å². The summed E-state index contributed by atoms with van der Waals surface area (Å²) in [6.07, 6.45) is 5.69. The first-order valence-electron chi connectivity index (χ1n) is 6.40. The second-order valence-electron chi connectivity index (χ2n) is 5.38. The molecule has 0 heterocycles. The van der Waals surface area contributed by atoms with Gasteiger partial charge in [0, 0.05) is 6.42 Å². The third-order valence-corrected chi connectivity index (χ3v) is 3.55. The number of rotatable bonds is 2. The van der Waals surface area contributed by atoms with E-state index in [1.807, 2.05) is 5.83 Å². The van der Waals surface area contributed by atoms with E-state index in [-0.39, 0.29) is 0 Å². The van der Waals surface area contributed by atoms with Gasteiger partial charge in [-0.2, -0.15) is 0 Å². The highest BCUT2D eigenvalue weighted by molar-refractivity contribution is 9.08. The molecule has 1 aliphatic rings. The Labute approximate surface area is 121 Å². The number of alkyl halides is 1. The highest BCUT2D eigenvalue weighted by Gasteiger charge is 2.19. The number of fused-ring (bicyclic) bond motifs is 1. The van der Waals surface area contributed by atoms with Gasteiger partial charge >= 0.3 is 0 Å². The van der Waals surface area contributed by atoms with Crippen molar-refractivity contribution in [3.8, 4) is 0 Å². The van der Waals surface area contributed by atoms with E-state index >= 15 is 0 Å². The van der Waals surface area contributed by atoms with Gasteiger partial charge in [0.25, 0.3) is 0 Å². The highest BCUT2D eigenvalue weighted by atomic mass is 79.9. The lowest BCUT2D eigenvalue weighted by Gasteiger charge is -2.21. The summed E-state index contributed by atoms with van der Waals surface area (Å²) in [6.45, 7) is 6.72. The molecule has 1 nitrogen and oxygen atoms in total. The topological polar surface area (TPSA) is 9.23 Å². The van der Waals surface area contributed by atoms with Crippen molar-refractivity contribution >= 4 is 30.3 Å². The lowest BCUT2D eigenvalue weighted by atomic mass is 10.1. The molecule has 0 bridgehead atoms. The molecular formula is C15H23BrOSi. The number of benzene rings is 1. The maximum Gasteiger partial charge on any atom is 0.241 e. The first-order valence-corrected chi connectivity index (χ1v) is 11.4. The molecule has 0 fully saturated rings. The van der Waals surface area contributed by atoms with Gasteiger partial charge in [-0.15, -0.1) is 0 Å². The van der Waals surface area contributed by atoms with Gasteiger partial charge in [0.1, 0.15) is 0 Å². The number of hydrogen-bond donors (Lipinski definition) is 0. The maximum atomic E-state index is 6.12. The van der Waals surface area contributed by atoms with Gasteiger partial charge in [-0.25, -0.2) is 0 Å². The van der Waals surface area contributed by atoms with Crippen LogP contribution in [0.3, 0.4) is 0 Å². The van der Waals surface area contributed by atoms with E-state index in [1.165, 1.54) is 29.7 Å². The Balaban J connectivity index is 0.000000771. The molecular weight excluding hydrogens is 304 g/mol. The highest BCUT2D eigenvalue weighted by Crippen LogP contribution is 2.25. The molecule has 0 atom stereocenters. The molecule has 1 aromatic rings. The summed E-state index contributed by atoms with van der Waals surface area (Å²) in [7, 11) is -1.46. The summed E-state index contributed by atoms with van der Waals surface area (Å²) in [5, 5.41) is 0. The van der Waals surface area contributed by atoms with Crippen molar-refractivity contribution in [1.82, 2.24) is 0 Å². The molecule has 0 N–H and O–H groups in total. The standard InChI is InChI=1S/C14H20OSi.CH3Br/c1-16(2,3)15-14-10-6-9-12-7-4-5-8-13(12)11-14;1-2/h4-5,7-8,11H,6,9-10H2,1-3H3;1H3. The molecule has 0 amide bonds. The molecule has 0 unspecified atom stereocenters. The first-order chi connectivity index (χ1) is 8.54. The Morgan fingerprint density at radius 1 is 1.06 bits per heavy atom. The molecule has 100 valence electrons. The largest absolute Gasteiger partial charge is 0.547 e. The quantitative estimate of drug-likeness (QED) is 0.534. The molecule has 2 rings (SSSR count). The zero-order valence-electron chi connectivity index (χ0n) is 11.8. The van der Waals surface area contributed by atoms with Gasteiger partial charge in [0.15, 0.2) is 0 Å². The van der Waals surface area contributed by atoms with E-state index < -0.39 is 8.32 Å². The molecule has 1 aliphatic carbocycles. The monoisotopic (exact) mass is 326 g/mol. The van der Waals surface area contributed by atoms with Gasteiger partial charge in [-0.05, 0) is 55.5 Å². The van der Waals surface area contributed by atoms with Gasteiger partial charge < -0.3 is 4.43 Å². The van der Waals surface area contributed by atoms with Crippen LogP contribution in [0.4, 0.5) is 0 Å². The predicted molar refractivity (Wildman–Crippen MR) is 86.6 cm³/mol. The number of allylic oxidation sites excluding steroid dienone is 1. The fraction of sp³-hybridized carbons (Fsp3) is 0.467. The molecule has 0 aromatic heterocycles. The maximum absolute atomic E-state index is 6.12. The summed E-state index contributed by atoms with van der Waals surface area (Å²) in [4.78, 5) is 0. The summed E-state index contributed by atoms with van der Waals surface area (Å²) in [5.41, 5.74) is 2.80. The normalized spacial score (nSPS) is 14.6. The summed E-state index contributed by atoms with van der Waals surface area (Å²) in [5.74, 6) is 3.00. The molecule has 0 saturated carbocycles. The van der Waals surface area contributed by atoms with Gasteiger partial charge in [-0.3, -0.25) is 0 Å².